The average Bonchev–Trinajstić information content (AvgIpc) is 2.18. The molecule has 0 fully saturated rings. The first-order chi connectivity index (χ1) is 8.21. The van der Waals surface area contributed by atoms with Gasteiger partial charge in [-0.2, -0.15) is 13.2 Å². The summed E-state index contributed by atoms with van der Waals surface area (Å²) in [5, 5.41) is 8.49. The monoisotopic (exact) mass is 326 g/mol. The molecule has 18 heavy (non-hydrogen) atoms. The van der Waals surface area contributed by atoms with E-state index in [1.54, 1.807) is 19.1 Å². The number of alkyl halides is 3. The molecule has 0 amide bonds. The maximum atomic E-state index is 12.4. The fourth-order valence-corrected chi connectivity index (χ4v) is 1.73. The van der Waals surface area contributed by atoms with E-state index in [0.717, 1.165) is 4.47 Å². The van der Waals surface area contributed by atoms with Crippen LogP contribution in [0.4, 0.5) is 13.2 Å². The van der Waals surface area contributed by atoms with Crippen LogP contribution in [0, 0.1) is 12.8 Å². The van der Waals surface area contributed by atoms with Gasteiger partial charge in [-0.3, -0.25) is 4.79 Å². The lowest BCUT2D eigenvalue weighted by molar-refractivity contribution is -0.198. The van der Waals surface area contributed by atoms with Crippen LogP contribution in [-0.2, 0) is 4.79 Å². The van der Waals surface area contributed by atoms with Gasteiger partial charge in [0, 0.05) is 4.47 Å². The predicted octanol–water partition coefficient (Wildman–Crippen LogP) is 3.40. The van der Waals surface area contributed by atoms with Crippen molar-refractivity contribution in [2.24, 2.45) is 5.92 Å². The number of rotatable bonds is 4. The second-order valence-corrected chi connectivity index (χ2v) is 4.57. The molecule has 1 unspecified atom stereocenters. The molecule has 0 radical (unpaired) electrons. The van der Waals surface area contributed by atoms with Crippen molar-refractivity contribution in [1.29, 1.82) is 0 Å². The zero-order valence-electron chi connectivity index (χ0n) is 9.29. The maximum Gasteiger partial charge on any atom is 0.405 e. The predicted molar refractivity (Wildman–Crippen MR) is 61.6 cm³/mol. The number of hydrogen-bond acceptors (Lipinski definition) is 2. The highest BCUT2D eigenvalue weighted by Crippen LogP contribution is 2.28. The molecule has 0 saturated carbocycles. The molecule has 0 heterocycles. The number of halogens is 4. The third kappa shape index (κ3) is 3.90. The van der Waals surface area contributed by atoms with Crippen LogP contribution in [-0.4, -0.2) is 23.9 Å². The second kappa shape index (κ2) is 5.60. The van der Waals surface area contributed by atoms with E-state index in [1.165, 1.54) is 6.07 Å². The maximum absolute atomic E-state index is 12.4. The van der Waals surface area contributed by atoms with Gasteiger partial charge in [-0.25, -0.2) is 0 Å². The highest BCUT2D eigenvalue weighted by Gasteiger charge is 2.45. The standard InChI is InChI=1S/C11H10BrF3O3/c1-6-4-7(12)2-3-9(6)18-5-8(10(16)17)11(13,14)15/h2-4,8H,5H2,1H3,(H,16,17). The number of carboxylic acids is 1. The molecule has 1 aromatic rings. The number of carbonyl (C=O) groups is 1. The van der Waals surface area contributed by atoms with Gasteiger partial charge in [0.25, 0.3) is 0 Å². The van der Waals surface area contributed by atoms with E-state index in [2.05, 4.69) is 15.9 Å². The van der Waals surface area contributed by atoms with E-state index < -0.39 is 24.7 Å². The van der Waals surface area contributed by atoms with Crippen molar-refractivity contribution in [2.45, 2.75) is 13.1 Å². The summed E-state index contributed by atoms with van der Waals surface area (Å²) >= 11 is 3.20. The van der Waals surface area contributed by atoms with Gasteiger partial charge < -0.3 is 9.84 Å². The molecule has 100 valence electrons. The average molecular weight is 327 g/mol. The summed E-state index contributed by atoms with van der Waals surface area (Å²) in [7, 11) is 0. The molecule has 1 N–H and O–H groups in total. The lowest BCUT2D eigenvalue weighted by Gasteiger charge is -2.17. The van der Waals surface area contributed by atoms with E-state index >= 15 is 0 Å². The third-order valence-corrected chi connectivity index (χ3v) is 2.73. The molecule has 0 aliphatic carbocycles. The summed E-state index contributed by atoms with van der Waals surface area (Å²) in [5.74, 6) is -4.24. The lowest BCUT2D eigenvalue weighted by atomic mass is 10.1. The van der Waals surface area contributed by atoms with Crippen molar-refractivity contribution in [2.75, 3.05) is 6.61 Å². The number of carboxylic acid groups (broad SMARTS) is 1. The van der Waals surface area contributed by atoms with Gasteiger partial charge in [0.15, 0.2) is 5.92 Å². The van der Waals surface area contributed by atoms with Crippen molar-refractivity contribution in [3.8, 4) is 5.75 Å². The SMILES string of the molecule is Cc1cc(Br)ccc1OCC(C(=O)O)C(F)(F)F. The van der Waals surface area contributed by atoms with Crippen LogP contribution >= 0.6 is 15.9 Å². The van der Waals surface area contributed by atoms with E-state index in [4.69, 9.17) is 9.84 Å². The van der Waals surface area contributed by atoms with E-state index in [0.29, 0.717) is 5.56 Å². The number of hydrogen-bond donors (Lipinski definition) is 1. The van der Waals surface area contributed by atoms with Crippen molar-refractivity contribution in [3.05, 3.63) is 28.2 Å². The number of benzene rings is 1. The third-order valence-electron chi connectivity index (χ3n) is 2.24. The summed E-state index contributed by atoms with van der Waals surface area (Å²) in [4.78, 5) is 10.5. The van der Waals surface area contributed by atoms with E-state index in [9.17, 15) is 18.0 Å². The summed E-state index contributed by atoms with van der Waals surface area (Å²) < 4.78 is 42.8. The summed E-state index contributed by atoms with van der Waals surface area (Å²) in [6.07, 6.45) is -4.82. The largest absolute Gasteiger partial charge is 0.492 e. The van der Waals surface area contributed by atoms with Crippen molar-refractivity contribution in [1.82, 2.24) is 0 Å². The summed E-state index contributed by atoms with van der Waals surface area (Å²) in [6.45, 7) is 0.713. The molecule has 0 aliphatic rings. The Labute approximate surface area is 110 Å². The van der Waals surface area contributed by atoms with Gasteiger partial charge in [0.1, 0.15) is 12.4 Å². The zero-order valence-corrected chi connectivity index (χ0v) is 10.9. The topological polar surface area (TPSA) is 46.5 Å². The van der Waals surface area contributed by atoms with Crippen LogP contribution < -0.4 is 4.74 Å². The fourth-order valence-electron chi connectivity index (χ4n) is 1.25. The van der Waals surface area contributed by atoms with Crippen LogP contribution in [0.3, 0.4) is 0 Å². The molecular formula is C11H10BrF3O3. The van der Waals surface area contributed by atoms with Gasteiger partial charge in [-0.15, -0.1) is 0 Å². The smallest absolute Gasteiger partial charge is 0.405 e. The zero-order chi connectivity index (χ0) is 13.9. The molecule has 1 aromatic carbocycles. The Hall–Kier alpha value is -1.24. The minimum Gasteiger partial charge on any atom is -0.492 e. The Bertz CT molecular complexity index is 446. The van der Waals surface area contributed by atoms with Crippen LogP contribution in [0.25, 0.3) is 0 Å². The van der Waals surface area contributed by atoms with Crippen LogP contribution in [0.5, 0.6) is 5.75 Å². The van der Waals surface area contributed by atoms with Crippen LogP contribution in [0.15, 0.2) is 22.7 Å². The fraction of sp³-hybridized carbons (Fsp3) is 0.364. The normalized spacial score (nSPS) is 13.2. The number of aryl methyl sites for hydroxylation is 1. The molecule has 1 atom stereocenters. The second-order valence-electron chi connectivity index (χ2n) is 3.65. The first-order valence-electron chi connectivity index (χ1n) is 4.90. The Balaban J connectivity index is 2.77. The molecule has 3 nitrogen and oxygen atoms in total. The van der Waals surface area contributed by atoms with Crippen molar-refractivity contribution >= 4 is 21.9 Å². The van der Waals surface area contributed by atoms with Gasteiger partial charge in [0.2, 0.25) is 0 Å². The van der Waals surface area contributed by atoms with Gasteiger partial charge in [-0.1, -0.05) is 15.9 Å². The van der Waals surface area contributed by atoms with Gasteiger partial charge in [-0.05, 0) is 30.7 Å². The Morgan fingerprint density at radius 1 is 1.50 bits per heavy atom. The summed E-state index contributed by atoms with van der Waals surface area (Å²) in [5.41, 5.74) is 0.621. The Morgan fingerprint density at radius 3 is 2.56 bits per heavy atom. The van der Waals surface area contributed by atoms with E-state index in [-0.39, 0.29) is 5.75 Å². The minimum atomic E-state index is -4.82. The highest BCUT2D eigenvalue weighted by molar-refractivity contribution is 9.10. The molecule has 0 saturated heterocycles. The molecule has 0 aromatic heterocycles. The van der Waals surface area contributed by atoms with E-state index in [1.807, 2.05) is 0 Å². The molecule has 0 aliphatic heterocycles. The van der Waals surface area contributed by atoms with Crippen molar-refractivity contribution in [3.63, 3.8) is 0 Å². The van der Waals surface area contributed by atoms with Gasteiger partial charge >= 0.3 is 12.1 Å². The quantitative estimate of drug-likeness (QED) is 0.922. The van der Waals surface area contributed by atoms with Crippen molar-refractivity contribution < 1.29 is 27.8 Å². The van der Waals surface area contributed by atoms with Crippen LogP contribution in [0.2, 0.25) is 0 Å². The van der Waals surface area contributed by atoms with Crippen LogP contribution in [0.1, 0.15) is 5.56 Å². The molecular weight excluding hydrogens is 317 g/mol. The molecule has 0 spiro atoms. The minimum absolute atomic E-state index is 0.230. The Morgan fingerprint density at radius 2 is 2.11 bits per heavy atom. The molecule has 1 rings (SSSR count). The first-order valence-corrected chi connectivity index (χ1v) is 5.69. The Kier molecular flexibility index (Phi) is 4.61. The summed E-state index contributed by atoms with van der Waals surface area (Å²) in [6, 6.07) is 4.75. The number of aliphatic carboxylic acids is 1. The highest BCUT2D eigenvalue weighted by atomic mass is 79.9. The molecule has 7 heteroatoms. The molecule has 0 bridgehead atoms. The number of ether oxygens (including phenoxy) is 1. The van der Waals surface area contributed by atoms with Gasteiger partial charge in [0.05, 0.1) is 0 Å². The lowest BCUT2D eigenvalue weighted by Crippen LogP contribution is -2.35. The first kappa shape index (κ1) is 14.8.